The Morgan fingerprint density at radius 1 is 1.08 bits per heavy atom. The first-order valence-corrected chi connectivity index (χ1v) is 8.52. The zero-order valence-corrected chi connectivity index (χ0v) is 14.7. The van der Waals surface area contributed by atoms with Crippen molar-refractivity contribution in [2.75, 3.05) is 6.61 Å². The minimum atomic E-state index is -4.61. The molecule has 0 aliphatic carbocycles. The van der Waals surface area contributed by atoms with Crippen LogP contribution in [-0.2, 0) is 20.9 Å². The molecule has 0 fully saturated rings. The highest BCUT2D eigenvalue weighted by Crippen LogP contribution is 2.16. The molecular weight excluding hydrogens is 351 g/mol. The maximum Gasteiger partial charge on any atom is 0.422 e. The van der Waals surface area contributed by atoms with Crippen LogP contribution in [0.25, 0.3) is 0 Å². The molecule has 146 valence electrons. The van der Waals surface area contributed by atoms with Gasteiger partial charge in [-0.25, -0.2) is 9.59 Å². The lowest BCUT2D eigenvalue weighted by Gasteiger charge is -2.18. The van der Waals surface area contributed by atoms with E-state index in [9.17, 15) is 22.8 Å². The number of rotatable bonds is 10. The highest BCUT2D eigenvalue weighted by atomic mass is 19.4. The first-order chi connectivity index (χ1) is 12.3. The lowest BCUT2D eigenvalue weighted by molar-refractivity contribution is -0.187. The van der Waals surface area contributed by atoms with Crippen molar-refractivity contribution in [1.29, 1.82) is 0 Å². The van der Waals surface area contributed by atoms with Gasteiger partial charge in [0.05, 0.1) is 0 Å². The Hall–Kier alpha value is -2.25. The van der Waals surface area contributed by atoms with Crippen LogP contribution < -0.4 is 5.32 Å². The Kier molecular flexibility index (Phi) is 9.54. The fourth-order valence-electron chi connectivity index (χ4n) is 2.18. The van der Waals surface area contributed by atoms with Crippen molar-refractivity contribution >= 4 is 12.1 Å². The van der Waals surface area contributed by atoms with Gasteiger partial charge in [0.2, 0.25) is 0 Å². The largest absolute Gasteiger partial charge is 0.455 e. The molecule has 0 saturated heterocycles. The SMILES string of the molecule is CCCCCC[C@H](NC(=O)OCc1ccccc1)C(=O)OCC(F)(F)F. The summed E-state index contributed by atoms with van der Waals surface area (Å²) in [5, 5.41) is 2.30. The van der Waals surface area contributed by atoms with Crippen LogP contribution in [0.4, 0.5) is 18.0 Å². The molecule has 8 heteroatoms. The minimum absolute atomic E-state index is 0.00712. The summed E-state index contributed by atoms with van der Waals surface area (Å²) in [7, 11) is 0. The smallest absolute Gasteiger partial charge is 0.422 e. The monoisotopic (exact) mass is 375 g/mol. The lowest BCUT2D eigenvalue weighted by Crippen LogP contribution is -2.43. The van der Waals surface area contributed by atoms with Gasteiger partial charge in [0.25, 0.3) is 0 Å². The maximum atomic E-state index is 12.2. The number of carbonyl (C=O) groups excluding carboxylic acids is 2. The van der Waals surface area contributed by atoms with Crippen LogP contribution in [0.2, 0.25) is 0 Å². The lowest BCUT2D eigenvalue weighted by atomic mass is 10.1. The topological polar surface area (TPSA) is 64.6 Å². The van der Waals surface area contributed by atoms with Crippen molar-refractivity contribution in [1.82, 2.24) is 5.32 Å². The Labute approximate surface area is 150 Å². The average molecular weight is 375 g/mol. The summed E-state index contributed by atoms with van der Waals surface area (Å²) in [6, 6.07) is 7.72. The summed E-state index contributed by atoms with van der Waals surface area (Å²) in [4.78, 5) is 23.7. The summed E-state index contributed by atoms with van der Waals surface area (Å²) >= 11 is 0. The third kappa shape index (κ3) is 9.90. The molecule has 1 aromatic rings. The van der Waals surface area contributed by atoms with Gasteiger partial charge in [-0.05, 0) is 12.0 Å². The number of alkyl carbamates (subject to hydrolysis) is 1. The highest BCUT2D eigenvalue weighted by Gasteiger charge is 2.32. The predicted molar refractivity (Wildman–Crippen MR) is 89.3 cm³/mol. The fourth-order valence-corrected chi connectivity index (χ4v) is 2.18. The number of amides is 1. The van der Waals surface area contributed by atoms with Crippen LogP contribution >= 0.6 is 0 Å². The number of ether oxygens (including phenoxy) is 2. The third-order valence-corrected chi connectivity index (χ3v) is 3.51. The summed E-state index contributed by atoms with van der Waals surface area (Å²) in [5.41, 5.74) is 0.752. The number of alkyl halides is 3. The van der Waals surface area contributed by atoms with E-state index in [0.717, 1.165) is 24.8 Å². The van der Waals surface area contributed by atoms with Crippen molar-refractivity contribution in [3.05, 3.63) is 35.9 Å². The van der Waals surface area contributed by atoms with Gasteiger partial charge < -0.3 is 14.8 Å². The number of halogens is 3. The number of esters is 1. The fraction of sp³-hybridized carbons (Fsp3) is 0.556. The van der Waals surface area contributed by atoms with Crippen LogP contribution in [0, 0.1) is 0 Å². The molecule has 0 spiro atoms. The Balaban J connectivity index is 2.53. The number of nitrogens with one attached hydrogen (secondary N) is 1. The van der Waals surface area contributed by atoms with Gasteiger partial charge in [-0.1, -0.05) is 62.9 Å². The van der Waals surface area contributed by atoms with Crippen molar-refractivity contribution < 1.29 is 32.2 Å². The second-order valence-corrected chi connectivity index (χ2v) is 5.83. The van der Waals surface area contributed by atoms with E-state index in [1.165, 1.54) is 0 Å². The second kappa shape index (κ2) is 11.4. The molecule has 0 saturated carbocycles. The second-order valence-electron chi connectivity index (χ2n) is 5.83. The maximum absolute atomic E-state index is 12.2. The quantitative estimate of drug-likeness (QED) is 0.488. The van der Waals surface area contributed by atoms with Crippen molar-refractivity contribution in [3.8, 4) is 0 Å². The van der Waals surface area contributed by atoms with Gasteiger partial charge in [0, 0.05) is 0 Å². The van der Waals surface area contributed by atoms with E-state index >= 15 is 0 Å². The molecule has 0 heterocycles. The van der Waals surface area contributed by atoms with Gasteiger partial charge in [0.1, 0.15) is 12.6 Å². The van der Waals surface area contributed by atoms with Gasteiger partial charge >= 0.3 is 18.2 Å². The molecule has 0 bridgehead atoms. The Morgan fingerprint density at radius 3 is 2.38 bits per heavy atom. The van der Waals surface area contributed by atoms with Gasteiger partial charge in [-0.2, -0.15) is 13.2 Å². The molecule has 26 heavy (non-hydrogen) atoms. The normalized spacial score (nSPS) is 12.3. The molecule has 1 rings (SSSR count). The Bertz CT molecular complexity index is 549. The molecule has 1 atom stereocenters. The number of hydrogen-bond donors (Lipinski definition) is 1. The zero-order chi connectivity index (χ0) is 19.4. The van der Waals surface area contributed by atoms with Crippen LogP contribution in [0.1, 0.15) is 44.6 Å². The van der Waals surface area contributed by atoms with E-state index in [0.29, 0.717) is 6.42 Å². The summed E-state index contributed by atoms with van der Waals surface area (Å²) in [5.74, 6) is -1.12. The average Bonchev–Trinajstić information content (AvgIpc) is 2.60. The van der Waals surface area contributed by atoms with Gasteiger partial charge in [-0.3, -0.25) is 0 Å². The van der Waals surface area contributed by atoms with E-state index in [1.807, 2.05) is 13.0 Å². The predicted octanol–water partition coefficient (Wildman–Crippen LogP) is 4.36. The van der Waals surface area contributed by atoms with Gasteiger partial charge in [0.15, 0.2) is 6.61 Å². The first kappa shape index (κ1) is 21.8. The first-order valence-electron chi connectivity index (χ1n) is 8.52. The van der Waals surface area contributed by atoms with Crippen LogP contribution in [0.5, 0.6) is 0 Å². The molecule has 5 nitrogen and oxygen atoms in total. The highest BCUT2D eigenvalue weighted by molar-refractivity contribution is 5.81. The van der Waals surface area contributed by atoms with Crippen molar-refractivity contribution in [2.24, 2.45) is 0 Å². The van der Waals surface area contributed by atoms with Crippen molar-refractivity contribution in [3.63, 3.8) is 0 Å². The third-order valence-electron chi connectivity index (χ3n) is 3.51. The zero-order valence-electron chi connectivity index (χ0n) is 14.7. The molecular formula is C18H24F3NO4. The molecule has 1 N–H and O–H groups in total. The Morgan fingerprint density at radius 2 is 1.77 bits per heavy atom. The van der Waals surface area contributed by atoms with E-state index in [1.54, 1.807) is 24.3 Å². The summed E-state index contributed by atoms with van der Waals surface area (Å²) in [6.45, 7) is 0.319. The van der Waals surface area contributed by atoms with E-state index < -0.39 is 30.9 Å². The molecule has 1 amide bonds. The van der Waals surface area contributed by atoms with Crippen LogP contribution in [0.3, 0.4) is 0 Å². The number of hydrogen-bond acceptors (Lipinski definition) is 4. The van der Waals surface area contributed by atoms with E-state index in [2.05, 4.69) is 10.1 Å². The minimum Gasteiger partial charge on any atom is -0.455 e. The van der Waals surface area contributed by atoms with Crippen LogP contribution in [0.15, 0.2) is 30.3 Å². The number of carbonyl (C=O) groups is 2. The standard InChI is InChI=1S/C18H24F3NO4/c1-2-3-4-8-11-15(16(23)26-13-18(19,20)21)22-17(24)25-12-14-9-6-5-7-10-14/h5-7,9-10,15H,2-4,8,11-13H2,1H3,(H,22,24)/t15-/m0/s1. The van der Waals surface area contributed by atoms with Crippen LogP contribution in [-0.4, -0.2) is 30.9 Å². The number of unbranched alkanes of at least 4 members (excludes halogenated alkanes) is 3. The molecule has 0 aromatic heterocycles. The molecule has 0 aliphatic heterocycles. The van der Waals surface area contributed by atoms with E-state index in [4.69, 9.17) is 4.74 Å². The van der Waals surface area contributed by atoms with Crippen molar-refractivity contribution in [2.45, 2.75) is 57.9 Å². The number of benzene rings is 1. The summed E-state index contributed by atoms with van der Waals surface area (Å²) < 4.78 is 45.9. The van der Waals surface area contributed by atoms with Gasteiger partial charge in [-0.15, -0.1) is 0 Å². The molecule has 0 aliphatic rings. The van der Waals surface area contributed by atoms with E-state index in [-0.39, 0.29) is 13.0 Å². The molecule has 0 radical (unpaired) electrons. The molecule has 0 unspecified atom stereocenters. The summed E-state index contributed by atoms with van der Waals surface area (Å²) in [6.07, 6.45) is -2.01. The molecule has 1 aromatic carbocycles.